The molecule has 1 aliphatic heterocycles. The van der Waals surface area contributed by atoms with Crippen LogP contribution in [0.25, 0.3) is 0 Å². The van der Waals surface area contributed by atoms with E-state index in [0.29, 0.717) is 5.92 Å². The van der Waals surface area contributed by atoms with E-state index in [1.165, 1.54) is 11.5 Å². The first kappa shape index (κ1) is 14.4. The number of aromatic nitrogens is 3. The van der Waals surface area contributed by atoms with Crippen LogP contribution in [0, 0.1) is 0 Å². The van der Waals surface area contributed by atoms with E-state index in [9.17, 15) is 0 Å². The molecule has 0 amide bonds. The summed E-state index contributed by atoms with van der Waals surface area (Å²) in [5.41, 5.74) is 1.14. The Morgan fingerprint density at radius 2 is 2.00 bits per heavy atom. The Kier molecular flexibility index (Phi) is 4.45. The fraction of sp³-hybridized carbons (Fsp3) is 0.533. The predicted molar refractivity (Wildman–Crippen MR) is 85.7 cm³/mol. The van der Waals surface area contributed by atoms with E-state index in [1.807, 2.05) is 18.3 Å². The monoisotopic (exact) mass is 303 g/mol. The minimum atomic E-state index is 0.403. The van der Waals surface area contributed by atoms with Crippen molar-refractivity contribution in [3.63, 3.8) is 0 Å². The molecule has 0 bridgehead atoms. The molecule has 0 aromatic carbocycles. The van der Waals surface area contributed by atoms with Crippen LogP contribution in [0.1, 0.15) is 31.3 Å². The lowest BCUT2D eigenvalue weighted by molar-refractivity contribution is 0.247. The second-order valence-corrected chi connectivity index (χ2v) is 6.40. The highest BCUT2D eigenvalue weighted by Crippen LogP contribution is 2.22. The summed E-state index contributed by atoms with van der Waals surface area (Å²) in [6.07, 6.45) is 1.86. The second-order valence-electron chi connectivity index (χ2n) is 5.67. The van der Waals surface area contributed by atoms with E-state index in [2.05, 4.69) is 44.1 Å². The predicted octanol–water partition coefficient (Wildman–Crippen LogP) is 2.38. The maximum absolute atomic E-state index is 4.64. The van der Waals surface area contributed by atoms with Crippen LogP contribution in [0.3, 0.4) is 0 Å². The van der Waals surface area contributed by atoms with Gasteiger partial charge in [0.1, 0.15) is 5.82 Å². The molecule has 0 atom stereocenters. The Morgan fingerprint density at radius 3 is 2.62 bits per heavy atom. The van der Waals surface area contributed by atoms with Gasteiger partial charge in [0.05, 0.1) is 5.69 Å². The van der Waals surface area contributed by atoms with Crippen molar-refractivity contribution in [2.24, 2.45) is 0 Å². The molecule has 0 spiro atoms. The summed E-state index contributed by atoms with van der Waals surface area (Å²) >= 11 is 1.52. The van der Waals surface area contributed by atoms with Crippen LogP contribution in [0.2, 0.25) is 0 Å². The third-order valence-corrected chi connectivity index (χ3v) is 4.49. The molecule has 0 radical (unpaired) electrons. The Bertz CT molecular complexity index is 560. The second kappa shape index (κ2) is 6.49. The fourth-order valence-electron chi connectivity index (χ4n) is 2.41. The molecule has 112 valence electrons. The van der Waals surface area contributed by atoms with Crippen LogP contribution in [-0.4, -0.2) is 45.4 Å². The van der Waals surface area contributed by atoms with Gasteiger partial charge in [-0.3, -0.25) is 9.88 Å². The van der Waals surface area contributed by atoms with E-state index in [-0.39, 0.29) is 0 Å². The van der Waals surface area contributed by atoms with E-state index >= 15 is 0 Å². The Labute approximate surface area is 129 Å². The Balaban J connectivity index is 1.55. The maximum atomic E-state index is 4.64. The van der Waals surface area contributed by atoms with Crippen molar-refractivity contribution in [2.45, 2.75) is 26.3 Å². The zero-order valence-electron chi connectivity index (χ0n) is 12.6. The van der Waals surface area contributed by atoms with Crippen LogP contribution >= 0.6 is 11.5 Å². The summed E-state index contributed by atoms with van der Waals surface area (Å²) in [6.45, 7) is 9.33. The summed E-state index contributed by atoms with van der Waals surface area (Å²) in [6, 6.07) is 6.10. The molecule has 2 aromatic heterocycles. The highest BCUT2D eigenvalue weighted by molar-refractivity contribution is 7.09. The third-order valence-electron chi connectivity index (χ3n) is 3.70. The largest absolute Gasteiger partial charge is 0.344 e. The molecule has 1 saturated heterocycles. The molecule has 5 nitrogen and oxygen atoms in total. The number of anilines is 1. The van der Waals surface area contributed by atoms with Gasteiger partial charge >= 0.3 is 0 Å². The standard InChI is InChI=1S/C15H21N5S/c1-12(2)14-17-15(21-18-14)20-9-7-19(8-10-20)11-13-5-3-4-6-16-13/h3-6,12H,7-11H2,1-2H3. The summed E-state index contributed by atoms with van der Waals surface area (Å²) in [5, 5.41) is 1.07. The number of nitrogens with zero attached hydrogens (tertiary/aromatic N) is 5. The van der Waals surface area contributed by atoms with Crippen LogP contribution in [-0.2, 0) is 6.54 Å². The smallest absolute Gasteiger partial charge is 0.205 e. The highest BCUT2D eigenvalue weighted by atomic mass is 32.1. The molecule has 1 aliphatic rings. The molecule has 0 saturated carbocycles. The molecule has 3 rings (SSSR count). The quantitative estimate of drug-likeness (QED) is 0.868. The lowest BCUT2D eigenvalue weighted by atomic mass is 10.2. The first-order valence-electron chi connectivity index (χ1n) is 7.43. The van der Waals surface area contributed by atoms with Gasteiger partial charge in [-0.15, -0.1) is 0 Å². The summed E-state index contributed by atoms with van der Waals surface area (Å²) in [4.78, 5) is 13.8. The highest BCUT2D eigenvalue weighted by Gasteiger charge is 2.20. The summed E-state index contributed by atoms with van der Waals surface area (Å²) < 4.78 is 4.44. The van der Waals surface area contributed by atoms with Gasteiger partial charge in [0.15, 0.2) is 0 Å². The molecule has 2 aromatic rings. The van der Waals surface area contributed by atoms with Gasteiger partial charge in [-0.05, 0) is 12.1 Å². The number of hydrogen-bond donors (Lipinski definition) is 0. The van der Waals surface area contributed by atoms with Gasteiger partial charge in [0, 0.05) is 56.4 Å². The van der Waals surface area contributed by atoms with Crippen LogP contribution in [0.4, 0.5) is 5.13 Å². The first-order valence-corrected chi connectivity index (χ1v) is 8.20. The molecular formula is C15H21N5S. The molecule has 21 heavy (non-hydrogen) atoms. The van der Waals surface area contributed by atoms with Gasteiger partial charge in [0.25, 0.3) is 0 Å². The van der Waals surface area contributed by atoms with Crippen molar-refractivity contribution in [3.05, 3.63) is 35.9 Å². The lowest BCUT2D eigenvalue weighted by Gasteiger charge is -2.34. The number of hydrogen-bond acceptors (Lipinski definition) is 6. The van der Waals surface area contributed by atoms with Gasteiger partial charge in [-0.2, -0.15) is 4.37 Å². The number of pyridine rings is 1. The zero-order valence-corrected chi connectivity index (χ0v) is 13.4. The molecular weight excluding hydrogens is 282 g/mol. The topological polar surface area (TPSA) is 45.2 Å². The van der Waals surface area contributed by atoms with Crippen LogP contribution in [0.15, 0.2) is 24.4 Å². The van der Waals surface area contributed by atoms with Crippen molar-refractivity contribution < 1.29 is 0 Å². The average Bonchev–Trinajstić information content (AvgIpc) is 2.99. The van der Waals surface area contributed by atoms with Gasteiger partial charge in [-0.25, -0.2) is 4.98 Å². The van der Waals surface area contributed by atoms with Gasteiger partial charge < -0.3 is 4.90 Å². The SMILES string of the molecule is CC(C)c1nsc(N2CCN(Cc3ccccn3)CC2)n1. The van der Waals surface area contributed by atoms with E-state index in [0.717, 1.165) is 49.4 Å². The van der Waals surface area contributed by atoms with Crippen molar-refractivity contribution in [3.8, 4) is 0 Å². The van der Waals surface area contributed by atoms with Gasteiger partial charge in [-0.1, -0.05) is 19.9 Å². The van der Waals surface area contributed by atoms with Crippen molar-refractivity contribution in [1.82, 2.24) is 19.2 Å². The zero-order chi connectivity index (χ0) is 14.7. The minimum Gasteiger partial charge on any atom is -0.344 e. The molecule has 0 N–H and O–H groups in total. The Hall–Kier alpha value is -1.53. The lowest BCUT2D eigenvalue weighted by Crippen LogP contribution is -2.46. The summed E-state index contributed by atoms with van der Waals surface area (Å²) in [5.74, 6) is 1.37. The van der Waals surface area contributed by atoms with Crippen molar-refractivity contribution in [1.29, 1.82) is 0 Å². The van der Waals surface area contributed by atoms with Crippen LogP contribution < -0.4 is 4.90 Å². The molecule has 3 heterocycles. The Morgan fingerprint density at radius 1 is 1.19 bits per heavy atom. The number of piperazine rings is 1. The summed E-state index contributed by atoms with van der Waals surface area (Å²) in [7, 11) is 0. The van der Waals surface area contributed by atoms with E-state index in [4.69, 9.17) is 0 Å². The average molecular weight is 303 g/mol. The van der Waals surface area contributed by atoms with Crippen molar-refractivity contribution in [2.75, 3.05) is 31.1 Å². The third kappa shape index (κ3) is 3.57. The minimum absolute atomic E-state index is 0.403. The van der Waals surface area contributed by atoms with Gasteiger partial charge in [0.2, 0.25) is 5.13 Å². The van der Waals surface area contributed by atoms with E-state index < -0.39 is 0 Å². The molecule has 1 fully saturated rings. The molecule has 6 heteroatoms. The van der Waals surface area contributed by atoms with E-state index in [1.54, 1.807) is 0 Å². The molecule has 0 aliphatic carbocycles. The molecule has 0 unspecified atom stereocenters. The normalized spacial score (nSPS) is 16.6. The maximum Gasteiger partial charge on any atom is 0.205 e. The number of rotatable bonds is 4. The fourth-order valence-corrected chi connectivity index (χ4v) is 3.27. The first-order chi connectivity index (χ1) is 10.2. The van der Waals surface area contributed by atoms with Crippen molar-refractivity contribution >= 4 is 16.7 Å². The van der Waals surface area contributed by atoms with Crippen LogP contribution in [0.5, 0.6) is 0 Å².